The quantitative estimate of drug-likeness (QED) is 0.681. The molecular weight excluding hydrogens is 256 g/mol. The molecule has 3 aromatic rings. The molecule has 0 aliphatic heterocycles. The Labute approximate surface area is 124 Å². The van der Waals surface area contributed by atoms with Crippen LogP contribution in [0.1, 0.15) is 12.6 Å². The Bertz CT molecular complexity index is 761. The first-order valence-electron chi connectivity index (χ1n) is 6.98. The minimum absolute atomic E-state index is 0.753. The van der Waals surface area contributed by atoms with E-state index in [1.54, 1.807) is 6.20 Å². The van der Waals surface area contributed by atoms with Crippen molar-refractivity contribution in [3.8, 4) is 22.5 Å². The summed E-state index contributed by atoms with van der Waals surface area (Å²) in [6, 6.07) is 20.6. The lowest BCUT2D eigenvalue weighted by Crippen LogP contribution is -1.91. The molecule has 0 radical (unpaired) electrons. The lowest BCUT2D eigenvalue weighted by atomic mass is 10.0. The molecule has 1 aromatic heterocycles. The third-order valence-electron chi connectivity index (χ3n) is 3.24. The van der Waals surface area contributed by atoms with Gasteiger partial charge in [-0.2, -0.15) is 0 Å². The van der Waals surface area contributed by atoms with Crippen molar-refractivity contribution < 1.29 is 0 Å². The molecule has 3 rings (SSSR count). The van der Waals surface area contributed by atoms with Crippen LogP contribution in [0.5, 0.6) is 0 Å². The van der Waals surface area contributed by atoms with Gasteiger partial charge in [-0.25, -0.2) is 9.97 Å². The van der Waals surface area contributed by atoms with Crippen LogP contribution in [0.25, 0.3) is 28.6 Å². The van der Waals surface area contributed by atoms with Crippen molar-refractivity contribution in [1.29, 1.82) is 0 Å². The number of hydrogen-bond donors (Lipinski definition) is 0. The van der Waals surface area contributed by atoms with Crippen molar-refractivity contribution in [3.05, 3.63) is 78.6 Å². The third-order valence-corrected chi connectivity index (χ3v) is 3.24. The first-order chi connectivity index (χ1) is 10.4. The number of rotatable bonds is 3. The second kappa shape index (κ2) is 6.14. The zero-order valence-corrected chi connectivity index (χ0v) is 11.9. The molecule has 1 heterocycles. The Hall–Kier alpha value is -2.74. The van der Waals surface area contributed by atoms with E-state index >= 15 is 0 Å². The highest BCUT2D eigenvalue weighted by Gasteiger charge is 2.04. The van der Waals surface area contributed by atoms with Gasteiger partial charge in [-0.1, -0.05) is 54.6 Å². The summed E-state index contributed by atoms with van der Waals surface area (Å²) in [5, 5.41) is 0. The lowest BCUT2D eigenvalue weighted by Gasteiger charge is -2.05. The van der Waals surface area contributed by atoms with Crippen molar-refractivity contribution in [3.63, 3.8) is 0 Å². The van der Waals surface area contributed by atoms with Gasteiger partial charge in [0, 0.05) is 11.8 Å². The van der Waals surface area contributed by atoms with Gasteiger partial charge in [-0.05, 0) is 36.3 Å². The standard InChI is InChI=1S/C19H16N2/c1-2-7-18-12-13-20-19(21-18)17-11-6-10-16(14-17)15-8-4-3-5-9-15/h2-14H,1H3/b7-2+. The van der Waals surface area contributed by atoms with Crippen molar-refractivity contribution in [2.45, 2.75) is 6.92 Å². The van der Waals surface area contributed by atoms with Gasteiger partial charge in [-0.15, -0.1) is 0 Å². The Morgan fingerprint density at radius 1 is 0.810 bits per heavy atom. The summed E-state index contributed by atoms with van der Waals surface area (Å²) in [7, 11) is 0. The van der Waals surface area contributed by atoms with Crippen LogP contribution in [0.3, 0.4) is 0 Å². The van der Waals surface area contributed by atoms with Gasteiger partial charge in [0.15, 0.2) is 5.82 Å². The van der Waals surface area contributed by atoms with Gasteiger partial charge >= 0.3 is 0 Å². The van der Waals surface area contributed by atoms with Gasteiger partial charge in [0.25, 0.3) is 0 Å². The highest BCUT2D eigenvalue weighted by atomic mass is 14.9. The Kier molecular flexibility index (Phi) is 3.88. The lowest BCUT2D eigenvalue weighted by molar-refractivity contribution is 1.16. The molecule has 0 bridgehead atoms. The van der Waals surface area contributed by atoms with Gasteiger partial charge in [0.1, 0.15) is 0 Å². The van der Waals surface area contributed by atoms with E-state index in [1.165, 1.54) is 11.1 Å². The zero-order valence-electron chi connectivity index (χ0n) is 11.9. The predicted molar refractivity (Wildman–Crippen MR) is 87.6 cm³/mol. The van der Waals surface area contributed by atoms with E-state index in [0.717, 1.165) is 17.1 Å². The average molecular weight is 272 g/mol. The molecule has 0 aliphatic carbocycles. The Morgan fingerprint density at radius 3 is 2.38 bits per heavy atom. The molecule has 21 heavy (non-hydrogen) atoms. The van der Waals surface area contributed by atoms with Crippen LogP contribution in [0.4, 0.5) is 0 Å². The van der Waals surface area contributed by atoms with Crippen molar-refractivity contribution >= 4 is 6.08 Å². The number of aromatic nitrogens is 2. The molecule has 0 saturated carbocycles. The molecule has 0 aliphatic rings. The zero-order chi connectivity index (χ0) is 14.5. The maximum absolute atomic E-state index is 4.57. The summed E-state index contributed by atoms with van der Waals surface area (Å²) in [4.78, 5) is 8.95. The van der Waals surface area contributed by atoms with Gasteiger partial charge in [0.05, 0.1) is 5.69 Å². The molecule has 0 fully saturated rings. The van der Waals surface area contributed by atoms with Gasteiger partial charge < -0.3 is 0 Å². The minimum atomic E-state index is 0.753. The molecule has 0 spiro atoms. The van der Waals surface area contributed by atoms with E-state index in [1.807, 2.05) is 55.5 Å². The van der Waals surface area contributed by atoms with Crippen LogP contribution < -0.4 is 0 Å². The number of benzene rings is 2. The number of allylic oxidation sites excluding steroid dienone is 1. The largest absolute Gasteiger partial charge is 0.237 e. The summed E-state index contributed by atoms with van der Waals surface area (Å²) in [5.74, 6) is 0.753. The average Bonchev–Trinajstić information content (AvgIpc) is 2.56. The van der Waals surface area contributed by atoms with E-state index in [-0.39, 0.29) is 0 Å². The van der Waals surface area contributed by atoms with E-state index in [0.29, 0.717) is 0 Å². The van der Waals surface area contributed by atoms with Crippen molar-refractivity contribution in [2.24, 2.45) is 0 Å². The van der Waals surface area contributed by atoms with Crippen LogP contribution in [0.2, 0.25) is 0 Å². The third kappa shape index (κ3) is 3.06. The van der Waals surface area contributed by atoms with Crippen LogP contribution in [-0.2, 0) is 0 Å². The van der Waals surface area contributed by atoms with E-state index < -0.39 is 0 Å². The maximum atomic E-state index is 4.57. The fourth-order valence-electron chi connectivity index (χ4n) is 2.24. The number of hydrogen-bond acceptors (Lipinski definition) is 2. The summed E-state index contributed by atoms with van der Waals surface area (Å²) in [6.45, 7) is 1.98. The molecule has 0 unspecified atom stereocenters. The van der Waals surface area contributed by atoms with E-state index in [2.05, 4.69) is 34.2 Å². The summed E-state index contributed by atoms with van der Waals surface area (Å²) >= 11 is 0. The number of nitrogens with zero attached hydrogens (tertiary/aromatic N) is 2. The normalized spacial score (nSPS) is 10.9. The molecule has 0 saturated heterocycles. The second-order valence-electron chi connectivity index (χ2n) is 4.75. The first-order valence-corrected chi connectivity index (χ1v) is 6.98. The van der Waals surface area contributed by atoms with Crippen molar-refractivity contribution in [2.75, 3.05) is 0 Å². The van der Waals surface area contributed by atoms with Crippen LogP contribution in [-0.4, -0.2) is 9.97 Å². The Morgan fingerprint density at radius 2 is 1.57 bits per heavy atom. The molecule has 0 N–H and O–H groups in total. The molecule has 0 amide bonds. The smallest absolute Gasteiger partial charge is 0.159 e. The monoisotopic (exact) mass is 272 g/mol. The molecule has 2 heteroatoms. The van der Waals surface area contributed by atoms with Crippen LogP contribution in [0, 0.1) is 0 Å². The first kappa shape index (κ1) is 13.3. The SMILES string of the molecule is C/C=C/c1ccnc(-c2cccc(-c3ccccc3)c2)n1. The molecule has 2 aromatic carbocycles. The second-order valence-corrected chi connectivity index (χ2v) is 4.75. The van der Waals surface area contributed by atoms with Crippen LogP contribution >= 0.6 is 0 Å². The highest BCUT2D eigenvalue weighted by molar-refractivity contribution is 5.70. The van der Waals surface area contributed by atoms with E-state index in [4.69, 9.17) is 0 Å². The van der Waals surface area contributed by atoms with Gasteiger partial charge in [-0.3, -0.25) is 0 Å². The Balaban J connectivity index is 2.02. The van der Waals surface area contributed by atoms with Crippen LogP contribution in [0.15, 0.2) is 72.9 Å². The molecular formula is C19H16N2. The van der Waals surface area contributed by atoms with E-state index in [9.17, 15) is 0 Å². The van der Waals surface area contributed by atoms with Gasteiger partial charge in [0.2, 0.25) is 0 Å². The van der Waals surface area contributed by atoms with Crippen molar-refractivity contribution in [1.82, 2.24) is 9.97 Å². The summed E-state index contributed by atoms with van der Waals surface area (Å²) < 4.78 is 0. The maximum Gasteiger partial charge on any atom is 0.159 e. The topological polar surface area (TPSA) is 25.8 Å². The molecule has 0 atom stereocenters. The summed E-state index contributed by atoms with van der Waals surface area (Å²) in [6.07, 6.45) is 5.76. The molecule has 102 valence electrons. The predicted octanol–water partition coefficient (Wildman–Crippen LogP) is 4.84. The highest BCUT2D eigenvalue weighted by Crippen LogP contribution is 2.24. The minimum Gasteiger partial charge on any atom is -0.237 e. The molecule has 2 nitrogen and oxygen atoms in total. The fourth-order valence-corrected chi connectivity index (χ4v) is 2.24. The summed E-state index contributed by atoms with van der Waals surface area (Å²) in [5.41, 5.74) is 4.33. The fraction of sp³-hybridized carbons (Fsp3) is 0.0526.